The second kappa shape index (κ2) is 5.05. The van der Waals surface area contributed by atoms with Crippen molar-refractivity contribution in [1.29, 1.82) is 0 Å². The number of hydrogen-bond acceptors (Lipinski definition) is 4. The van der Waals surface area contributed by atoms with Crippen LogP contribution in [0.1, 0.15) is 29.7 Å². The molecule has 0 aromatic carbocycles. The van der Waals surface area contributed by atoms with Gasteiger partial charge in [0.2, 0.25) is 0 Å². The van der Waals surface area contributed by atoms with E-state index in [0.717, 1.165) is 12.8 Å². The van der Waals surface area contributed by atoms with Gasteiger partial charge in [-0.25, -0.2) is 4.98 Å². The molecule has 1 aromatic heterocycles. The molecule has 0 radical (unpaired) electrons. The third kappa shape index (κ3) is 3.26. The average molecular weight is 225 g/mol. The quantitative estimate of drug-likeness (QED) is 0.813. The minimum absolute atomic E-state index is 0.239. The first-order chi connectivity index (χ1) is 7.24. The minimum Gasteiger partial charge on any atom is -0.328 e. The highest BCUT2D eigenvalue weighted by Crippen LogP contribution is 2.18. The summed E-state index contributed by atoms with van der Waals surface area (Å²) >= 11 is 1.82. The first-order valence-electron chi connectivity index (χ1n) is 5.66. The number of hydrogen-bond donors (Lipinski definition) is 2. The van der Waals surface area contributed by atoms with Gasteiger partial charge in [-0.1, -0.05) is 0 Å². The molecule has 0 aliphatic carbocycles. The Morgan fingerprint density at radius 3 is 3.27 bits per heavy atom. The molecule has 0 amide bonds. The van der Waals surface area contributed by atoms with Crippen molar-refractivity contribution in [2.45, 2.75) is 44.7 Å². The third-order valence-electron chi connectivity index (χ3n) is 2.71. The average Bonchev–Trinajstić information content (AvgIpc) is 2.77. The molecule has 0 saturated carbocycles. The first kappa shape index (κ1) is 11.0. The van der Waals surface area contributed by atoms with Crippen molar-refractivity contribution in [3.05, 3.63) is 16.1 Å². The fourth-order valence-corrected chi connectivity index (χ4v) is 3.14. The van der Waals surface area contributed by atoms with Crippen LogP contribution >= 0.6 is 11.3 Å². The predicted octanol–water partition coefficient (Wildman–Crippen LogP) is 1.33. The molecular weight excluding hydrogens is 206 g/mol. The highest BCUT2D eigenvalue weighted by molar-refractivity contribution is 7.11. The number of nitrogens with one attached hydrogen (secondary N) is 1. The Bertz CT molecular complexity index is 303. The molecule has 2 atom stereocenters. The van der Waals surface area contributed by atoms with E-state index in [1.807, 2.05) is 24.5 Å². The second-order valence-corrected chi connectivity index (χ2v) is 5.60. The summed E-state index contributed by atoms with van der Waals surface area (Å²) in [6.45, 7) is 3.21. The van der Waals surface area contributed by atoms with Crippen LogP contribution in [0.3, 0.4) is 0 Å². The minimum atomic E-state index is 0.239. The molecule has 84 valence electrons. The van der Waals surface area contributed by atoms with Crippen molar-refractivity contribution >= 4 is 11.3 Å². The van der Waals surface area contributed by atoms with Gasteiger partial charge >= 0.3 is 0 Å². The van der Waals surface area contributed by atoms with E-state index in [-0.39, 0.29) is 6.04 Å². The Labute approximate surface area is 95.1 Å². The van der Waals surface area contributed by atoms with Crippen LogP contribution in [0, 0.1) is 0 Å². The Morgan fingerprint density at radius 1 is 1.73 bits per heavy atom. The lowest BCUT2D eigenvalue weighted by molar-refractivity contribution is 0.601. The van der Waals surface area contributed by atoms with Crippen molar-refractivity contribution in [1.82, 2.24) is 10.3 Å². The molecule has 1 fully saturated rings. The molecule has 3 nitrogen and oxygen atoms in total. The maximum Gasteiger partial charge on any atom is 0.0943 e. The van der Waals surface area contributed by atoms with Gasteiger partial charge in [-0.05, 0) is 32.7 Å². The Balaban J connectivity index is 1.88. The SMILES string of the molecule is CC(N)Cc1cnc(CC2CCCN2)s1. The monoisotopic (exact) mass is 225 g/mol. The summed E-state index contributed by atoms with van der Waals surface area (Å²) in [6.07, 6.45) is 6.63. The van der Waals surface area contributed by atoms with E-state index in [0.29, 0.717) is 6.04 Å². The van der Waals surface area contributed by atoms with Crippen LogP contribution in [0.25, 0.3) is 0 Å². The van der Waals surface area contributed by atoms with Crippen molar-refractivity contribution in [2.75, 3.05) is 6.54 Å². The molecule has 0 spiro atoms. The summed E-state index contributed by atoms with van der Waals surface area (Å²) in [6, 6.07) is 0.891. The summed E-state index contributed by atoms with van der Waals surface area (Å²) in [7, 11) is 0. The van der Waals surface area contributed by atoms with E-state index in [1.165, 1.54) is 29.3 Å². The van der Waals surface area contributed by atoms with E-state index >= 15 is 0 Å². The molecule has 15 heavy (non-hydrogen) atoms. The zero-order valence-corrected chi connectivity index (χ0v) is 10.0. The summed E-state index contributed by atoms with van der Waals surface area (Å²) in [4.78, 5) is 5.77. The van der Waals surface area contributed by atoms with E-state index in [2.05, 4.69) is 10.3 Å². The summed E-state index contributed by atoms with van der Waals surface area (Å²) in [5.74, 6) is 0. The van der Waals surface area contributed by atoms with Gasteiger partial charge in [0, 0.05) is 29.6 Å². The highest BCUT2D eigenvalue weighted by atomic mass is 32.1. The predicted molar refractivity (Wildman–Crippen MR) is 64.2 cm³/mol. The number of aromatic nitrogens is 1. The van der Waals surface area contributed by atoms with Crippen molar-refractivity contribution in [3.63, 3.8) is 0 Å². The van der Waals surface area contributed by atoms with Gasteiger partial charge < -0.3 is 11.1 Å². The lowest BCUT2D eigenvalue weighted by Crippen LogP contribution is -2.23. The van der Waals surface area contributed by atoms with Gasteiger partial charge in [-0.2, -0.15) is 0 Å². The zero-order valence-electron chi connectivity index (χ0n) is 9.20. The lowest BCUT2D eigenvalue weighted by atomic mass is 10.2. The molecule has 1 saturated heterocycles. The van der Waals surface area contributed by atoms with E-state index < -0.39 is 0 Å². The van der Waals surface area contributed by atoms with E-state index in [1.54, 1.807) is 0 Å². The standard InChI is InChI=1S/C11H19N3S/c1-8(12)5-10-7-14-11(15-10)6-9-3-2-4-13-9/h7-9,13H,2-6,12H2,1H3. The highest BCUT2D eigenvalue weighted by Gasteiger charge is 2.16. The van der Waals surface area contributed by atoms with Crippen LogP contribution in [-0.2, 0) is 12.8 Å². The molecule has 4 heteroatoms. The molecule has 2 rings (SSSR count). The smallest absolute Gasteiger partial charge is 0.0943 e. The van der Waals surface area contributed by atoms with Gasteiger partial charge in [-0.15, -0.1) is 11.3 Å². The van der Waals surface area contributed by atoms with Crippen molar-refractivity contribution in [3.8, 4) is 0 Å². The summed E-state index contributed by atoms with van der Waals surface area (Å²) in [5, 5.41) is 4.75. The van der Waals surface area contributed by atoms with E-state index in [9.17, 15) is 0 Å². The van der Waals surface area contributed by atoms with Crippen LogP contribution in [0.2, 0.25) is 0 Å². The van der Waals surface area contributed by atoms with Crippen molar-refractivity contribution < 1.29 is 0 Å². The third-order valence-corrected chi connectivity index (χ3v) is 3.75. The molecule has 3 N–H and O–H groups in total. The fraction of sp³-hybridized carbons (Fsp3) is 0.727. The van der Waals surface area contributed by atoms with Gasteiger partial charge in [0.1, 0.15) is 0 Å². The molecule has 0 bridgehead atoms. The summed E-state index contributed by atoms with van der Waals surface area (Å²) in [5.41, 5.74) is 5.76. The maximum atomic E-state index is 5.76. The van der Waals surface area contributed by atoms with Crippen molar-refractivity contribution in [2.24, 2.45) is 5.73 Å². The topological polar surface area (TPSA) is 50.9 Å². The Morgan fingerprint density at radius 2 is 2.60 bits per heavy atom. The number of nitrogens with zero attached hydrogens (tertiary/aromatic N) is 1. The summed E-state index contributed by atoms with van der Waals surface area (Å²) < 4.78 is 0. The normalized spacial score (nSPS) is 23.2. The van der Waals surface area contributed by atoms with Crippen LogP contribution < -0.4 is 11.1 Å². The van der Waals surface area contributed by atoms with Crippen LogP contribution in [-0.4, -0.2) is 23.6 Å². The van der Waals surface area contributed by atoms with Crippen LogP contribution in [0.4, 0.5) is 0 Å². The lowest BCUT2D eigenvalue weighted by Gasteiger charge is -2.06. The number of nitrogens with two attached hydrogens (primary N) is 1. The largest absolute Gasteiger partial charge is 0.328 e. The molecule has 1 aliphatic heterocycles. The van der Waals surface area contributed by atoms with Crippen LogP contribution in [0.15, 0.2) is 6.20 Å². The second-order valence-electron chi connectivity index (χ2n) is 4.40. The number of rotatable bonds is 4. The van der Waals surface area contributed by atoms with Gasteiger partial charge in [0.25, 0.3) is 0 Å². The first-order valence-corrected chi connectivity index (χ1v) is 6.48. The van der Waals surface area contributed by atoms with Gasteiger partial charge in [0.15, 0.2) is 0 Å². The molecular formula is C11H19N3S. The van der Waals surface area contributed by atoms with Gasteiger partial charge in [-0.3, -0.25) is 0 Å². The Hall–Kier alpha value is -0.450. The molecule has 1 aromatic rings. The molecule has 2 heterocycles. The number of thiazole rings is 1. The Kier molecular flexibility index (Phi) is 3.72. The fourth-order valence-electron chi connectivity index (χ4n) is 2.00. The maximum absolute atomic E-state index is 5.76. The van der Waals surface area contributed by atoms with Gasteiger partial charge in [0.05, 0.1) is 5.01 Å². The van der Waals surface area contributed by atoms with E-state index in [4.69, 9.17) is 5.73 Å². The molecule has 2 unspecified atom stereocenters. The van der Waals surface area contributed by atoms with Crippen LogP contribution in [0.5, 0.6) is 0 Å². The zero-order chi connectivity index (χ0) is 10.7. The molecule has 1 aliphatic rings.